The number of amides is 3. The molecule has 6 heterocycles. The summed E-state index contributed by atoms with van der Waals surface area (Å²) in [7, 11) is 0. The van der Waals surface area contributed by atoms with Crippen molar-refractivity contribution in [2.75, 3.05) is 75.2 Å². The summed E-state index contributed by atoms with van der Waals surface area (Å²) in [5, 5.41) is 20.9. The minimum atomic E-state index is -0.846. The zero-order valence-electron chi connectivity index (χ0n) is 45.1. The van der Waals surface area contributed by atoms with Gasteiger partial charge in [0.25, 0.3) is 0 Å². The highest BCUT2D eigenvalue weighted by Crippen LogP contribution is 2.41. The van der Waals surface area contributed by atoms with Gasteiger partial charge >= 0.3 is 0 Å². The highest BCUT2D eigenvalue weighted by atomic mass is 35.5. The predicted octanol–water partition coefficient (Wildman–Crippen LogP) is 8.95. The van der Waals surface area contributed by atoms with Crippen LogP contribution in [-0.2, 0) is 20.9 Å². The fourth-order valence-electron chi connectivity index (χ4n) is 11.7. The van der Waals surface area contributed by atoms with Gasteiger partial charge in [0, 0.05) is 82.2 Å². The lowest BCUT2D eigenvalue weighted by Crippen LogP contribution is -2.71. The van der Waals surface area contributed by atoms with Crippen molar-refractivity contribution >= 4 is 63.3 Å². The first-order chi connectivity index (χ1) is 35.9. The van der Waals surface area contributed by atoms with Crippen LogP contribution < -0.4 is 25.8 Å². The maximum Gasteiger partial charge on any atom is 0.246 e. The van der Waals surface area contributed by atoms with E-state index in [1.807, 2.05) is 96.4 Å². The fraction of sp³-hybridized carbons (Fsp3) is 0.569. The SMILES string of the molecule is Cc1cc(Cn2c(N3CC4(CNC4)C3)nc3c(N4CCN(CCCCCCCCCC(=O)N[C@H](C(=O)N5C[C@H](O)C[C@H]5C(=O)N[C@@H](C)c5ccc(-c6scnc6C)cc5)C(C)(C)C)CC4)cc(Cl)cc32)cc(C)c1F. The number of aliphatic hydroxyl groups is 1. The Balaban J connectivity index is 0.691. The second kappa shape index (κ2) is 23.2. The molecular formula is C58H78ClFN10O4S. The van der Waals surface area contributed by atoms with Gasteiger partial charge < -0.3 is 40.3 Å². The van der Waals surface area contributed by atoms with Crippen LogP contribution in [0.4, 0.5) is 16.0 Å². The smallest absolute Gasteiger partial charge is 0.246 e. The number of likely N-dealkylation sites (tertiary alicyclic amines) is 1. The normalized spacial score (nSPS) is 19.6. The Morgan fingerprint density at radius 1 is 0.907 bits per heavy atom. The van der Waals surface area contributed by atoms with E-state index < -0.39 is 23.6 Å². The van der Waals surface area contributed by atoms with Gasteiger partial charge in [-0.2, -0.15) is 0 Å². The number of piperazine rings is 1. The second-order valence-corrected chi connectivity index (χ2v) is 24.5. The van der Waals surface area contributed by atoms with Gasteiger partial charge in [0.05, 0.1) is 46.0 Å². The van der Waals surface area contributed by atoms with Gasteiger partial charge in [-0.15, -0.1) is 11.3 Å². The van der Waals surface area contributed by atoms with Crippen LogP contribution in [0.2, 0.25) is 5.02 Å². The molecule has 1 spiro atoms. The summed E-state index contributed by atoms with van der Waals surface area (Å²) in [4.78, 5) is 60.9. The molecule has 4 aliphatic rings. The van der Waals surface area contributed by atoms with Crippen LogP contribution in [0.25, 0.3) is 21.5 Å². The Bertz CT molecular complexity index is 2800. The van der Waals surface area contributed by atoms with Gasteiger partial charge in [0.15, 0.2) is 0 Å². The average Bonchev–Trinajstić information content (AvgIpc) is 4.08. The molecule has 3 aromatic carbocycles. The molecule has 75 heavy (non-hydrogen) atoms. The number of carbonyl (C=O) groups is 3. The number of hydrogen-bond acceptors (Lipinski definition) is 11. The van der Waals surface area contributed by atoms with Crippen molar-refractivity contribution in [1.82, 2.24) is 40.3 Å². The van der Waals surface area contributed by atoms with Gasteiger partial charge in [0.2, 0.25) is 23.7 Å². The number of aliphatic hydroxyl groups excluding tert-OH is 1. The number of unbranched alkanes of at least 4 members (excludes halogenated alkanes) is 6. The van der Waals surface area contributed by atoms with Crippen molar-refractivity contribution in [2.24, 2.45) is 10.8 Å². The van der Waals surface area contributed by atoms with E-state index in [-0.39, 0.29) is 42.5 Å². The van der Waals surface area contributed by atoms with Crippen molar-refractivity contribution < 1.29 is 23.9 Å². The van der Waals surface area contributed by atoms with Gasteiger partial charge in [-0.1, -0.05) is 101 Å². The topological polar surface area (TPSA) is 151 Å². The molecule has 4 fully saturated rings. The Morgan fingerprint density at radius 2 is 1.57 bits per heavy atom. The van der Waals surface area contributed by atoms with E-state index in [0.29, 0.717) is 34.5 Å². The molecule has 0 aliphatic carbocycles. The van der Waals surface area contributed by atoms with E-state index in [1.165, 1.54) is 4.90 Å². The third kappa shape index (κ3) is 12.5. The van der Waals surface area contributed by atoms with Crippen LogP contribution in [0.15, 0.2) is 54.0 Å². The van der Waals surface area contributed by atoms with Crippen LogP contribution in [0.5, 0.6) is 0 Å². The van der Waals surface area contributed by atoms with Gasteiger partial charge in [-0.3, -0.25) is 19.3 Å². The molecule has 17 heteroatoms. The molecule has 9 rings (SSSR count). The quantitative estimate of drug-likeness (QED) is 0.0557. The Morgan fingerprint density at radius 3 is 2.20 bits per heavy atom. The molecule has 3 amide bonds. The summed E-state index contributed by atoms with van der Waals surface area (Å²) in [6, 6.07) is 14.0. The molecule has 4 aliphatic heterocycles. The lowest BCUT2D eigenvalue weighted by molar-refractivity contribution is -0.144. The number of halogens is 2. The van der Waals surface area contributed by atoms with Crippen LogP contribution in [0.3, 0.4) is 0 Å². The number of rotatable bonds is 20. The number of β-amino-alcohol motifs (C(OH)–C–C–N with tert-alkyl or cyclic N) is 1. The van der Waals surface area contributed by atoms with Crippen LogP contribution in [0.1, 0.15) is 119 Å². The molecule has 14 nitrogen and oxygen atoms in total. The van der Waals surface area contributed by atoms with E-state index >= 15 is 0 Å². The average molecular weight is 1070 g/mol. The molecule has 4 atom stereocenters. The lowest BCUT2D eigenvalue weighted by atomic mass is 9.75. The van der Waals surface area contributed by atoms with Crippen molar-refractivity contribution in [2.45, 2.75) is 137 Å². The highest BCUT2D eigenvalue weighted by Gasteiger charge is 2.49. The summed E-state index contributed by atoms with van der Waals surface area (Å²) in [6.07, 6.45) is 6.93. The number of nitrogens with zero attached hydrogens (tertiary/aromatic N) is 7. The molecule has 0 radical (unpaired) electrons. The second-order valence-electron chi connectivity index (χ2n) is 23.2. The van der Waals surface area contributed by atoms with Gasteiger partial charge in [-0.05, 0) is 92.4 Å². The van der Waals surface area contributed by atoms with E-state index in [2.05, 4.69) is 46.3 Å². The van der Waals surface area contributed by atoms with Crippen LogP contribution in [-0.4, -0.2) is 131 Å². The third-order valence-electron chi connectivity index (χ3n) is 16.1. The molecule has 4 N–H and O–H groups in total. The van der Waals surface area contributed by atoms with Crippen LogP contribution >= 0.6 is 22.9 Å². The molecule has 0 bridgehead atoms. The zero-order valence-corrected chi connectivity index (χ0v) is 46.7. The number of aromatic nitrogens is 3. The highest BCUT2D eigenvalue weighted by molar-refractivity contribution is 7.13. The van der Waals surface area contributed by atoms with Gasteiger partial charge in [0.1, 0.15) is 23.4 Å². The maximum absolute atomic E-state index is 14.7. The molecule has 0 saturated carbocycles. The van der Waals surface area contributed by atoms with Crippen molar-refractivity contribution in [3.05, 3.63) is 92.8 Å². The molecule has 4 saturated heterocycles. The van der Waals surface area contributed by atoms with E-state index in [0.717, 1.165) is 154 Å². The van der Waals surface area contributed by atoms with Crippen molar-refractivity contribution in [1.29, 1.82) is 0 Å². The third-order valence-corrected chi connectivity index (χ3v) is 17.3. The first-order valence-electron chi connectivity index (χ1n) is 27.3. The number of aryl methyl sites for hydroxylation is 3. The molecule has 0 unspecified atom stereocenters. The number of nitrogens with one attached hydrogen (secondary N) is 3. The fourth-order valence-corrected chi connectivity index (χ4v) is 12.7. The molecule has 2 aromatic heterocycles. The largest absolute Gasteiger partial charge is 0.391 e. The molecular weight excluding hydrogens is 987 g/mol. The number of thiazole rings is 1. The number of imidazole rings is 1. The maximum atomic E-state index is 14.7. The molecule has 404 valence electrons. The van der Waals surface area contributed by atoms with E-state index in [1.54, 1.807) is 11.3 Å². The van der Waals surface area contributed by atoms with Gasteiger partial charge in [-0.25, -0.2) is 14.4 Å². The first-order valence-corrected chi connectivity index (χ1v) is 28.6. The number of hydrogen-bond donors (Lipinski definition) is 4. The van der Waals surface area contributed by atoms with E-state index in [4.69, 9.17) is 16.6 Å². The summed E-state index contributed by atoms with van der Waals surface area (Å²) in [5.41, 5.74) is 9.94. The molecule has 5 aromatic rings. The predicted molar refractivity (Wildman–Crippen MR) is 299 cm³/mol. The lowest BCUT2D eigenvalue weighted by Gasteiger charge is -2.56. The van der Waals surface area contributed by atoms with Crippen LogP contribution in [0, 0.1) is 37.4 Å². The monoisotopic (exact) mass is 1060 g/mol. The summed E-state index contributed by atoms with van der Waals surface area (Å²) < 4.78 is 16.9. The number of fused-ring (bicyclic) bond motifs is 1. The first kappa shape index (κ1) is 54.7. The minimum Gasteiger partial charge on any atom is -0.391 e. The number of carbonyl (C=O) groups excluding carboxylic acids is 3. The summed E-state index contributed by atoms with van der Waals surface area (Å²) in [6.45, 7) is 22.8. The summed E-state index contributed by atoms with van der Waals surface area (Å²) >= 11 is 8.49. The van der Waals surface area contributed by atoms with Crippen molar-refractivity contribution in [3.63, 3.8) is 0 Å². The number of anilines is 2. The Hall–Kier alpha value is -5.13. The minimum absolute atomic E-state index is 0.0367. The standard InChI is InChI=1S/C58H78ClFN10O4S/c1-37-25-41(26-38(2)50(37)60)30-70-47-28-44(59)27-46(51(47)65-56(70)68-34-58(35-68)32-61-33-58)67-23-21-66(22-24-67)20-14-12-10-8-9-11-13-15-49(72)64-53(57(5,6)7)55(74)69-31-45(71)29-48(69)54(73)63-39(3)42-16-18-43(19-17-42)52-40(4)62-36-75-52/h16-19,25-28,36,39,45,48,53,61,71H,8-15,20-24,29-35H2,1-7H3,(H,63,73)(H,64,72)/t39-,45+,48-,53+/m0/s1. The Kier molecular flexibility index (Phi) is 16.9. The zero-order chi connectivity index (χ0) is 53.2. The van der Waals surface area contributed by atoms with E-state index in [9.17, 15) is 23.9 Å². The number of benzene rings is 3. The summed E-state index contributed by atoms with van der Waals surface area (Å²) in [5.74, 6) is -0.0373. The van der Waals surface area contributed by atoms with Crippen molar-refractivity contribution in [3.8, 4) is 10.4 Å². The Labute approximate surface area is 451 Å².